The fourth-order valence-electron chi connectivity index (χ4n) is 1.33. The van der Waals surface area contributed by atoms with Crippen LogP contribution < -0.4 is 9.47 Å². The van der Waals surface area contributed by atoms with Gasteiger partial charge in [0.25, 0.3) is 0 Å². The van der Waals surface area contributed by atoms with Crippen LogP contribution in [0.4, 0.5) is 0 Å². The van der Waals surface area contributed by atoms with Crippen LogP contribution in [0.2, 0.25) is 0 Å². The first kappa shape index (κ1) is 10.4. The quantitative estimate of drug-likeness (QED) is 0.746. The van der Waals surface area contributed by atoms with Gasteiger partial charge in [-0.3, -0.25) is 0 Å². The Morgan fingerprint density at radius 3 is 2.43 bits per heavy atom. The van der Waals surface area contributed by atoms with E-state index in [1.807, 2.05) is 0 Å². The molecule has 1 rings (SSSR count). The molecule has 1 N–H and O–H groups in total. The Hall–Kier alpha value is -1.64. The molecule has 0 atom stereocenters. The van der Waals surface area contributed by atoms with Gasteiger partial charge in [-0.2, -0.15) is 0 Å². The number of methoxy groups -OCH3 is 2. The lowest BCUT2D eigenvalue weighted by atomic mass is 10.1. The van der Waals surface area contributed by atoms with E-state index in [-0.39, 0.29) is 5.75 Å². The SMILES string of the molecule is C=CCc1ccc(O)c(OC)c1OC. The molecule has 0 spiro atoms. The van der Waals surface area contributed by atoms with E-state index in [0.717, 1.165) is 5.56 Å². The number of benzene rings is 1. The maximum Gasteiger partial charge on any atom is 0.203 e. The average molecular weight is 194 g/mol. The largest absolute Gasteiger partial charge is 0.504 e. The van der Waals surface area contributed by atoms with Crippen molar-refractivity contribution in [3.63, 3.8) is 0 Å². The Morgan fingerprint density at radius 2 is 1.93 bits per heavy atom. The van der Waals surface area contributed by atoms with Crippen molar-refractivity contribution >= 4 is 0 Å². The summed E-state index contributed by atoms with van der Waals surface area (Å²) >= 11 is 0. The molecule has 1 aromatic rings. The highest BCUT2D eigenvalue weighted by Crippen LogP contribution is 2.39. The Balaban J connectivity index is 3.24. The van der Waals surface area contributed by atoms with Gasteiger partial charge in [0.05, 0.1) is 14.2 Å². The third-order valence-electron chi connectivity index (χ3n) is 1.95. The molecular weight excluding hydrogens is 180 g/mol. The van der Waals surface area contributed by atoms with Gasteiger partial charge in [0, 0.05) is 5.56 Å². The molecule has 0 bridgehead atoms. The predicted molar refractivity (Wildman–Crippen MR) is 55.1 cm³/mol. The maximum atomic E-state index is 9.48. The van der Waals surface area contributed by atoms with Crippen molar-refractivity contribution < 1.29 is 14.6 Å². The number of phenols is 1. The van der Waals surface area contributed by atoms with E-state index in [1.54, 1.807) is 25.3 Å². The molecule has 3 heteroatoms. The van der Waals surface area contributed by atoms with Crippen LogP contribution >= 0.6 is 0 Å². The fourth-order valence-corrected chi connectivity index (χ4v) is 1.33. The van der Waals surface area contributed by atoms with Gasteiger partial charge in [-0.15, -0.1) is 6.58 Å². The molecule has 0 radical (unpaired) electrons. The summed E-state index contributed by atoms with van der Waals surface area (Å²) in [6.07, 6.45) is 2.45. The number of rotatable bonds is 4. The normalized spacial score (nSPS) is 9.57. The molecule has 14 heavy (non-hydrogen) atoms. The van der Waals surface area contributed by atoms with Gasteiger partial charge in [0.2, 0.25) is 5.75 Å². The summed E-state index contributed by atoms with van der Waals surface area (Å²) < 4.78 is 10.2. The molecular formula is C11H14O3. The molecule has 0 fully saturated rings. The Bertz CT molecular complexity index is 332. The number of phenolic OH excluding ortho intramolecular Hbond substituents is 1. The molecule has 1 aromatic carbocycles. The first-order valence-electron chi connectivity index (χ1n) is 4.28. The summed E-state index contributed by atoms with van der Waals surface area (Å²) in [6, 6.07) is 3.37. The van der Waals surface area contributed by atoms with E-state index < -0.39 is 0 Å². The highest BCUT2D eigenvalue weighted by molar-refractivity contribution is 5.55. The number of ether oxygens (including phenoxy) is 2. The summed E-state index contributed by atoms with van der Waals surface area (Å²) in [5, 5.41) is 9.48. The zero-order chi connectivity index (χ0) is 10.6. The van der Waals surface area contributed by atoms with Crippen LogP contribution in [0.3, 0.4) is 0 Å². The van der Waals surface area contributed by atoms with E-state index in [0.29, 0.717) is 17.9 Å². The van der Waals surface area contributed by atoms with E-state index >= 15 is 0 Å². The van der Waals surface area contributed by atoms with Crippen LogP contribution in [0.1, 0.15) is 5.56 Å². The monoisotopic (exact) mass is 194 g/mol. The molecule has 0 heterocycles. The second kappa shape index (κ2) is 4.56. The summed E-state index contributed by atoms with van der Waals surface area (Å²) in [4.78, 5) is 0. The van der Waals surface area contributed by atoms with Crippen molar-refractivity contribution in [3.8, 4) is 17.2 Å². The lowest BCUT2D eigenvalue weighted by Crippen LogP contribution is -1.95. The highest BCUT2D eigenvalue weighted by atomic mass is 16.5. The summed E-state index contributed by atoms with van der Waals surface area (Å²) in [5.41, 5.74) is 0.942. The van der Waals surface area contributed by atoms with Crippen molar-refractivity contribution in [1.82, 2.24) is 0 Å². The second-order valence-corrected chi connectivity index (χ2v) is 2.80. The molecule has 76 valence electrons. The maximum absolute atomic E-state index is 9.48. The van der Waals surface area contributed by atoms with E-state index in [4.69, 9.17) is 9.47 Å². The van der Waals surface area contributed by atoms with Crippen LogP contribution in [0.25, 0.3) is 0 Å². The Kier molecular flexibility index (Phi) is 3.40. The summed E-state index contributed by atoms with van der Waals surface area (Å²) in [5.74, 6) is 1.01. The molecule has 3 nitrogen and oxygen atoms in total. The number of hydrogen-bond donors (Lipinski definition) is 1. The molecule has 0 unspecified atom stereocenters. The fraction of sp³-hybridized carbons (Fsp3) is 0.273. The highest BCUT2D eigenvalue weighted by Gasteiger charge is 2.12. The van der Waals surface area contributed by atoms with Gasteiger partial charge in [0.15, 0.2) is 11.5 Å². The van der Waals surface area contributed by atoms with Crippen molar-refractivity contribution in [2.75, 3.05) is 14.2 Å². The number of allylic oxidation sites excluding steroid dienone is 1. The van der Waals surface area contributed by atoms with Gasteiger partial charge in [-0.1, -0.05) is 12.1 Å². The first-order valence-corrected chi connectivity index (χ1v) is 4.28. The third-order valence-corrected chi connectivity index (χ3v) is 1.95. The minimum absolute atomic E-state index is 0.0807. The molecule has 0 amide bonds. The lowest BCUT2D eigenvalue weighted by Gasteiger charge is -2.12. The second-order valence-electron chi connectivity index (χ2n) is 2.80. The summed E-state index contributed by atoms with van der Waals surface area (Å²) in [7, 11) is 3.04. The molecule has 0 saturated heterocycles. The predicted octanol–water partition coefficient (Wildman–Crippen LogP) is 2.14. The Labute approximate surface area is 83.6 Å². The zero-order valence-electron chi connectivity index (χ0n) is 8.41. The van der Waals surface area contributed by atoms with Gasteiger partial charge in [-0.05, 0) is 12.5 Å². The minimum Gasteiger partial charge on any atom is -0.504 e. The molecule has 0 aromatic heterocycles. The van der Waals surface area contributed by atoms with Crippen LogP contribution in [0.15, 0.2) is 24.8 Å². The first-order chi connectivity index (χ1) is 6.74. The molecule has 0 aliphatic rings. The van der Waals surface area contributed by atoms with Crippen LogP contribution in [-0.4, -0.2) is 19.3 Å². The smallest absolute Gasteiger partial charge is 0.203 e. The third kappa shape index (κ3) is 1.82. The topological polar surface area (TPSA) is 38.7 Å². The van der Waals surface area contributed by atoms with Gasteiger partial charge in [0.1, 0.15) is 0 Å². The van der Waals surface area contributed by atoms with Gasteiger partial charge < -0.3 is 14.6 Å². The molecule has 0 aliphatic heterocycles. The molecule has 0 saturated carbocycles. The van der Waals surface area contributed by atoms with Crippen LogP contribution in [0, 0.1) is 0 Å². The zero-order valence-corrected chi connectivity index (χ0v) is 8.41. The van der Waals surface area contributed by atoms with Crippen molar-refractivity contribution in [1.29, 1.82) is 0 Å². The van der Waals surface area contributed by atoms with E-state index in [1.165, 1.54) is 7.11 Å². The Morgan fingerprint density at radius 1 is 1.29 bits per heavy atom. The molecule has 0 aliphatic carbocycles. The summed E-state index contributed by atoms with van der Waals surface area (Å²) in [6.45, 7) is 3.65. The van der Waals surface area contributed by atoms with Crippen molar-refractivity contribution in [3.05, 3.63) is 30.4 Å². The van der Waals surface area contributed by atoms with Crippen LogP contribution in [-0.2, 0) is 6.42 Å². The van der Waals surface area contributed by atoms with Gasteiger partial charge in [-0.25, -0.2) is 0 Å². The number of aromatic hydroxyl groups is 1. The van der Waals surface area contributed by atoms with Crippen molar-refractivity contribution in [2.45, 2.75) is 6.42 Å². The van der Waals surface area contributed by atoms with Crippen LogP contribution in [0.5, 0.6) is 17.2 Å². The van der Waals surface area contributed by atoms with E-state index in [9.17, 15) is 5.11 Å². The minimum atomic E-state index is 0.0807. The van der Waals surface area contributed by atoms with Crippen molar-refractivity contribution in [2.24, 2.45) is 0 Å². The lowest BCUT2D eigenvalue weighted by molar-refractivity contribution is 0.331. The standard InChI is InChI=1S/C11H14O3/c1-4-5-8-6-7-9(12)11(14-3)10(8)13-2/h4,6-7,12H,1,5H2,2-3H3. The van der Waals surface area contributed by atoms with E-state index in [2.05, 4.69) is 6.58 Å². The number of hydrogen-bond acceptors (Lipinski definition) is 3. The average Bonchev–Trinajstić information content (AvgIpc) is 2.20. The van der Waals surface area contributed by atoms with Gasteiger partial charge >= 0.3 is 0 Å².